The summed E-state index contributed by atoms with van der Waals surface area (Å²) in [5.74, 6) is 1.43. The van der Waals surface area contributed by atoms with E-state index in [1.165, 1.54) is 0 Å². The fraction of sp³-hybridized carbons (Fsp3) is 0.526. The van der Waals surface area contributed by atoms with E-state index in [0.717, 1.165) is 60.5 Å². The normalized spacial score (nSPS) is 32.1. The molecule has 1 spiro atoms. The third kappa shape index (κ3) is 1.88. The number of nitrogens with zero attached hydrogens (tertiary/aromatic N) is 2. The molecule has 4 aliphatic heterocycles. The first-order valence-corrected chi connectivity index (χ1v) is 8.78. The Bertz CT molecular complexity index is 834. The summed E-state index contributed by atoms with van der Waals surface area (Å²) in [5.41, 5.74) is 2.60. The van der Waals surface area contributed by atoms with Gasteiger partial charge in [0.25, 0.3) is 0 Å². The predicted octanol–water partition coefficient (Wildman–Crippen LogP) is 3.47. The molecule has 126 valence electrons. The highest BCUT2D eigenvalue weighted by Gasteiger charge is 2.55. The number of carbonyl (C=O) groups excluding carboxylic acids is 1. The summed E-state index contributed by atoms with van der Waals surface area (Å²) in [5, 5.41) is 1.08. The van der Waals surface area contributed by atoms with E-state index in [-0.39, 0.29) is 11.7 Å². The van der Waals surface area contributed by atoms with Crippen molar-refractivity contribution in [1.29, 1.82) is 0 Å². The van der Waals surface area contributed by atoms with Crippen molar-refractivity contribution < 1.29 is 13.9 Å². The second-order valence-electron chi connectivity index (χ2n) is 7.53. The highest BCUT2D eigenvalue weighted by molar-refractivity contribution is 5.94. The Hall–Kier alpha value is -2.01. The third-order valence-electron chi connectivity index (χ3n) is 6.23. The molecule has 1 aromatic heterocycles. The summed E-state index contributed by atoms with van der Waals surface area (Å²) in [6.45, 7) is 7.86. The monoisotopic (exact) mass is 326 g/mol. The molecule has 0 aliphatic carbocycles. The predicted molar refractivity (Wildman–Crippen MR) is 91.4 cm³/mol. The number of hydrogen-bond donors (Lipinski definition) is 0. The second kappa shape index (κ2) is 4.76. The Morgan fingerprint density at radius 2 is 1.96 bits per heavy atom. The number of ether oxygens (including phenoxy) is 1. The summed E-state index contributed by atoms with van der Waals surface area (Å²) < 4.78 is 11.7. The van der Waals surface area contributed by atoms with E-state index in [0.29, 0.717) is 12.5 Å². The van der Waals surface area contributed by atoms with Crippen molar-refractivity contribution >= 4 is 22.7 Å². The van der Waals surface area contributed by atoms with Crippen molar-refractivity contribution in [1.82, 2.24) is 4.90 Å². The first kappa shape index (κ1) is 14.3. The van der Waals surface area contributed by atoms with Crippen LogP contribution in [0.15, 0.2) is 22.6 Å². The molecule has 2 bridgehead atoms. The first-order chi connectivity index (χ1) is 11.6. The smallest absolute Gasteiger partial charge is 0.415 e. The SMILES string of the molecule is Cc1oc2ccc(N3C[C@]4(CN5CCC4CC5)OC3=O)cc2c1C. The van der Waals surface area contributed by atoms with Crippen LogP contribution in [0, 0.1) is 19.8 Å². The molecule has 5 nitrogen and oxygen atoms in total. The van der Waals surface area contributed by atoms with Crippen LogP contribution >= 0.6 is 0 Å². The lowest BCUT2D eigenvalue weighted by Gasteiger charge is -2.49. The fourth-order valence-electron chi connectivity index (χ4n) is 4.71. The Morgan fingerprint density at radius 3 is 2.67 bits per heavy atom. The van der Waals surface area contributed by atoms with Crippen molar-refractivity contribution in [2.75, 3.05) is 31.1 Å². The van der Waals surface area contributed by atoms with E-state index in [4.69, 9.17) is 9.15 Å². The highest BCUT2D eigenvalue weighted by Crippen LogP contribution is 2.43. The Labute approximate surface area is 141 Å². The quantitative estimate of drug-likeness (QED) is 0.805. The zero-order valence-corrected chi connectivity index (χ0v) is 14.2. The summed E-state index contributed by atoms with van der Waals surface area (Å²) in [6.07, 6.45) is 2.07. The van der Waals surface area contributed by atoms with Gasteiger partial charge in [0.1, 0.15) is 16.9 Å². The van der Waals surface area contributed by atoms with Gasteiger partial charge in [0.05, 0.1) is 6.54 Å². The summed E-state index contributed by atoms with van der Waals surface area (Å²) in [6, 6.07) is 5.98. The van der Waals surface area contributed by atoms with E-state index in [9.17, 15) is 4.79 Å². The molecule has 2 aromatic rings. The molecule has 1 amide bonds. The number of furan rings is 1. The van der Waals surface area contributed by atoms with Gasteiger partial charge in [0.2, 0.25) is 0 Å². The van der Waals surface area contributed by atoms with Crippen LogP contribution in [-0.2, 0) is 4.74 Å². The van der Waals surface area contributed by atoms with E-state index in [2.05, 4.69) is 17.9 Å². The lowest BCUT2D eigenvalue weighted by molar-refractivity contribution is -0.0881. The van der Waals surface area contributed by atoms with Crippen molar-refractivity contribution in [3.8, 4) is 0 Å². The largest absolute Gasteiger partial charge is 0.461 e. The Kier molecular flexibility index (Phi) is 2.84. The van der Waals surface area contributed by atoms with E-state index >= 15 is 0 Å². The molecule has 6 rings (SSSR count). The zero-order valence-electron chi connectivity index (χ0n) is 14.2. The third-order valence-corrected chi connectivity index (χ3v) is 6.23. The molecule has 1 atom stereocenters. The van der Waals surface area contributed by atoms with Crippen molar-refractivity contribution in [3.63, 3.8) is 0 Å². The molecular formula is C19H22N2O3. The standard InChI is InChI=1S/C19H22N2O3/c1-12-13(2)23-17-4-3-15(9-16(12)17)21-11-19(24-18(21)22)10-20-7-5-14(19)6-8-20/h3-4,9,14H,5-8,10-11H2,1-2H3/t19-/m0/s1. The summed E-state index contributed by atoms with van der Waals surface area (Å²) >= 11 is 0. The van der Waals surface area contributed by atoms with Crippen LogP contribution in [0.25, 0.3) is 11.0 Å². The minimum Gasteiger partial charge on any atom is -0.461 e. The molecule has 0 saturated carbocycles. The number of aryl methyl sites for hydroxylation is 2. The molecule has 0 N–H and O–H groups in total. The van der Waals surface area contributed by atoms with Crippen molar-refractivity contribution in [3.05, 3.63) is 29.5 Å². The van der Waals surface area contributed by atoms with Gasteiger partial charge in [-0.1, -0.05) is 0 Å². The van der Waals surface area contributed by atoms with Gasteiger partial charge in [-0.15, -0.1) is 0 Å². The van der Waals surface area contributed by atoms with E-state index < -0.39 is 0 Å². The van der Waals surface area contributed by atoms with Crippen LogP contribution < -0.4 is 4.90 Å². The van der Waals surface area contributed by atoms with E-state index in [1.807, 2.05) is 24.0 Å². The van der Waals surface area contributed by atoms with Gasteiger partial charge < -0.3 is 9.15 Å². The molecule has 5 heterocycles. The zero-order chi connectivity index (χ0) is 16.5. The van der Waals surface area contributed by atoms with Gasteiger partial charge >= 0.3 is 6.09 Å². The minimum atomic E-state index is -0.316. The number of anilines is 1. The Morgan fingerprint density at radius 1 is 1.17 bits per heavy atom. The maximum Gasteiger partial charge on any atom is 0.415 e. The van der Waals surface area contributed by atoms with Crippen molar-refractivity contribution in [2.24, 2.45) is 5.92 Å². The van der Waals surface area contributed by atoms with Gasteiger partial charge in [-0.3, -0.25) is 9.80 Å². The van der Waals surface area contributed by atoms with E-state index in [1.54, 1.807) is 0 Å². The lowest BCUT2D eigenvalue weighted by Crippen LogP contribution is -2.61. The van der Waals surface area contributed by atoms with Crippen LogP contribution in [0.4, 0.5) is 10.5 Å². The van der Waals surface area contributed by atoms with Crippen LogP contribution in [0.5, 0.6) is 0 Å². The van der Waals surface area contributed by atoms with Crippen LogP contribution in [0.2, 0.25) is 0 Å². The number of carbonyl (C=O) groups is 1. The average molecular weight is 326 g/mol. The van der Waals surface area contributed by atoms with Gasteiger partial charge in [-0.25, -0.2) is 4.79 Å². The second-order valence-corrected chi connectivity index (χ2v) is 7.53. The molecule has 0 radical (unpaired) electrons. The minimum absolute atomic E-state index is 0.207. The highest BCUT2D eigenvalue weighted by atomic mass is 16.6. The van der Waals surface area contributed by atoms with Crippen LogP contribution in [-0.4, -0.2) is 42.8 Å². The van der Waals surface area contributed by atoms with Gasteiger partial charge in [0, 0.05) is 23.5 Å². The molecule has 24 heavy (non-hydrogen) atoms. The number of rotatable bonds is 1. The molecule has 4 saturated heterocycles. The number of amides is 1. The van der Waals surface area contributed by atoms with Gasteiger partial charge in [-0.2, -0.15) is 0 Å². The summed E-state index contributed by atoms with van der Waals surface area (Å²) in [4.78, 5) is 16.9. The number of benzene rings is 1. The van der Waals surface area contributed by atoms with Gasteiger partial charge in [0.15, 0.2) is 0 Å². The maximum atomic E-state index is 12.6. The molecule has 4 fully saturated rings. The number of piperidine rings is 3. The number of fused-ring (bicyclic) bond motifs is 3. The summed E-state index contributed by atoms with van der Waals surface area (Å²) in [7, 11) is 0. The van der Waals surface area contributed by atoms with Crippen LogP contribution in [0.1, 0.15) is 24.2 Å². The lowest BCUT2D eigenvalue weighted by atomic mass is 9.75. The molecular weight excluding hydrogens is 304 g/mol. The topological polar surface area (TPSA) is 45.9 Å². The van der Waals surface area contributed by atoms with Crippen molar-refractivity contribution in [2.45, 2.75) is 32.3 Å². The fourth-order valence-corrected chi connectivity index (χ4v) is 4.71. The molecule has 4 aliphatic rings. The van der Waals surface area contributed by atoms with Gasteiger partial charge in [-0.05, 0) is 63.5 Å². The number of hydrogen-bond acceptors (Lipinski definition) is 4. The average Bonchev–Trinajstić information content (AvgIpc) is 3.05. The maximum absolute atomic E-state index is 12.6. The Balaban J connectivity index is 1.51. The molecule has 1 aromatic carbocycles. The first-order valence-electron chi connectivity index (χ1n) is 8.78. The van der Waals surface area contributed by atoms with Crippen LogP contribution in [0.3, 0.4) is 0 Å². The molecule has 0 unspecified atom stereocenters. The molecule has 5 heteroatoms.